The van der Waals surface area contributed by atoms with Gasteiger partial charge in [-0.05, 0) is 50.7 Å². The zero-order valence-corrected chi connectivity index (χ0v) is 25.3. The van der Waals surface area contributed by atoms with Crippen LogP contribution in [0.15, 0.2) is 29.2 Å². The summed E-state index contributed by atoms with van der Waals surface area (Å²) in [4.78, 5) is 0.224. The maximum absolute atomic E-state index is 12.2. The van der Waals surface area contributed by atoms with E-state index in [1.54, 1.807) is 24.3 Å². The molecule has 6 heteroatoms. The fourth-order valence-corrected chi connectivity index (χ4v) is 6.13. The Morgan fingerprint density at radius 1 is 0.763 bits per heavy atom. The van der Waals surface area contributed by atoms with Gasteiger partial charge in [0, 0.05) is 13.2 Å². The van der Waals surface area contributed by atoms with Crippen molar-refractivity contribution < 1.29 is 22.1 Å². The molecular formula is C32H56O5S. The lowest BCUT2D eigenvalue weighted by Gasteiger charge is -2.11. The summed E-state index contributed by atoms with van der Waals surface area (Å²) in [5.74, 6) is 0.711. The minimum atomic E-state index is -3.65. The molecule has 0 aromatic heterocycles. The number of hydrogen-bond acceptors (Lipinski definition) is 5. The van der Waals surface area contributed by atoms with Crippen molar-refractivity contribution in [3.63, 3.8) is 0 Å². The van der Waals surface area contributed by atoms with Crippen LogP contribution in [0.4, 0.5) is 0 Å². The van der Waals surface area contributed by atoms with Gasteiger partial charge >= 0.3 is 0 Å². The number of rotatable bonds is 24. The second-order valence-corrected chi connectivity index (χ2v) is 12.9. The van der Waals surface area contributed by atoms with Crippen molar-refractivity contribution in [3.8, 4) is 0 Å². The normalized spacial score (nSPS) is 17.8. The monoisotopic (exact) mass is 552 g/mol. The van der Waals surface area contributed by atoms with Crippen molar-refractivity contribution in [2.75, 3.05) is 26.4 Å². The highest BCUT2D eigenvalue weighted by Crippen LogP contribution is 2.25. The van der Waals surface area contributed by atoms with Gasteiger partial charge in [0.05, 0.1) is 24.2 Å². The van der Waals surface area contributed by atoms with Crippen LogP contribution in [0.3, 0.4) is 0 Å². The second-order valence-electron chi connectivity index (χ2n) is 11.3. The average Bonchev–Trinajstić information content (AvgIpc) is 3.36. The number of benzene rings is 1. The van der Waals surface area contributed by atoms with Crippen LogP contribution < -0.4 is 0 Å². The van der Waals surface area contributed by atoms with Gasteiger partial charge in [-0.2, -0.15) is 8.42 Å². The molecule has 0 spiro atoms. The first-order valence-corrected chi connectivity index (χ1v) is 17.1. The van der Waals surface area contributed by atoms with E-state index in [0.717, 1.165) is 50.9 Å². The van der Waals surface area contributed by atoms with Gasteiger partial charge in [-0.25, -0.2) is 0 Å². The van der Waals surface area contributed by atoms with E-state index in [1.165, 1.54) is 83.5 Å². The molecule has 2 rings (SSSR count). The molecule has 0 aliphatic carbocycles. The Labute approximate surface area is 234 Å². The summed E-state index contributed by atoms with van der Waals surface area (Å²) in [6, 6.07) is 6.76. The Morgan fingerprint density at radius 2 is 1.32 bits per heavy atom. The molecule has 2 atom stereocenters. The SMILES string of the molecule is CCCCCCCCCCCCCC[C@H]1CO[C@H](COCCCCCCOS(=O)(=O)c2ccc(C)cc2)C1. The van der Waals surface area contributed by atoms with Crippen LogP contribution in [0, 0.1) is 12.8 Å². The van der Waals surface area contributed by atoms with Gasteiger partial charge in [-0.1, -0.05) is 115 Å². The van der Waals surface area contributed by atoms with Gasteiger partial charge in [0.2, 0.25) is 0 Å². The smallest absolute Gasteiger partial charge is 0.296 e. The molecule has 0 radical (unpaired) electrons. The molecule has 0 saturated carbocycles. The quantitative estimate of drug-likeness (QED) is 0.0947. The Morgan fingerprint density at radius 3 is 1.95 bits per heavy atom. The molecule has 1 saturated heterocycles. The van der Waals surface area contributed by atoms with E-state index in [-0.39, 0.29) is 17.6 Å². The number of ether oxygens (including phenoxy) is 2. The molecule has 0 unspecified atom stereocenters. The Bertz CT molecular complexity index is 793. The summed E-state index contributed by atoms with van der Waals surface area (Å²) in [5.41, 5.74) is 1.03. The molecule has 38 heavy (non-hydrogen) atoms. The minimum Gasteiger partial charge on any atom is -0.379 e. The molecule has 0 bridgehead atoms. The molecule has 1 aliphatic rings. The van der Waals surface area contributed by atoms with Crippen molar-refractivity contribution in [2.24, 2.45) is 5.92 Å². The van der Waals surface area contributed by atoms with E-state index in [0.29, 0.717) is 12.5 Å². The third kappa shape index (κ3) is 15.6. The molecule has 0 amide bonds. The summed E-state index contributed by atoms with van der Waals surface area (Å²) < 4.78 is 41.3. The lowest BCUT2D eigenvalue weighted by molar-refractivity contribution is 0.0153. The summed E-state index contributed by atoms with van der Waals surface area (Å²) in [6.45, 7) is 6.79. The Balaban J connectivity index is 1.34. The van der Waals surface area contributed by atoms with Gasteiger partial charge < -0.3 is 9.47 Å². The highest BCUT2D eigenvalue weighted by Gasteiger charge is 2.25. The van der Waals surface area contributed by atoms with E-state index in [9.17, 15) is 8.42 Å². The van der Waals surface area contributed by atoms with Crippen LogP contribution in [-0.4, -0.2) is 40.9 Å². The minimum absolute atomic E-state index is 0.224. The van der Waals surface area contributed by atoms with E-state index in [4.69, 9.17) is 13.7 Å². The molecule has 1 heterocycles. The first-order valence-electron chi connectivity index (χ1n) is 15.7. The third-order valence-corrected chi connectivity index (χ3v) is 8.99. The van der Waals surface area contributed by atoms with Crippen molar-refractivity contribution in [2.45, 2.75) is 140 Å². The second kappa shape index (κ2) is 20.9. The van der Waals surface area contributed by atoms with Gasteiger partial charge in [0.1, 0.15) is 0 Å². The van der Waals surface area contributed by atoms with Crippen LogP contribution in [0.1, 0.15) is 128 Å². The Hall–Kier alpha value is -0.950. The standard InChI is InChI=1S/C32H56O5S/c1-3-4-5-6-7-8-9-10-11-12-13-16-19-30-26-31(36-27-30)28-35-24-17-14-15-18-25-37-38(33,34)32-22-20-29(2)21-23-32/h20-23,30-31H,3-19,24-28H2,1-2H3/t30-,31+/m1/s1. The van der Waals surface area contributed by atoms with Gasteiger partial charge in [0.15, 0.2) is 0 Å². The number of aryl methyl sites for hydroxylation is 1. The van der Waals surface area contributed by atoms with Crippen molar-refractivity contribution >= 4 is 10.1 Å². The van der Waals surface area contributed by atoms with E-state index >= 15 is 0 Å². The van der Waals surface area contributed by atoms with E-state index in [1.807, 2.05) is 6.92 Å². The van der Waals surface area contributed by atoms with Gasteiger partial charge in [0.25, 0.3) is 10.1 Å². The largest absolute Gasteiger partial charge is 0.379 e. The zero-order chi connectivity index (χ0) is 27.3. The lowest BCUT2D eigenvalue weighted by Crippen LogP contribution is -2.14. The molecule has 1 aromatic carbocycles. The predicted octanol–water partition coefficient (Wildman–Crippen LogP) is 8.77. The van der Waals surface area contributed by atoms with Gasteiger partial charge in [-0.15, -0.1) is 0 Å². The maximum atomic E-state index is 12.2. The highest BCUT2D eigenvalue weighted by atomic mass is 32.2. The number of hydrogen-bond donors (Lipinski definition) is 0. The first kappa shape index (κ1) is 33.3. The molecule has 1 aromatic rings. The highest BCUT2D eigenvalue weighted by molar-refractivity contribution is 7.86. The molecule has 0 N–H and O–H groups in total. The third-order valence-electron chi connectivity index (χ3n) is 7.66. The summed E-state index contributed by atoms with van der Waals surface area (Å²) >= 11 is 0. The molecular weight excluding hydrogens is 496 g/mol. The molecule has 5 nitrogen and oxygen atoms in total. The Kier molecular flexibility index (Phi) is 18.3. The van der Waals surface area contributed by atoms with Crippen LogP contribution in [0.2, 0.25) is 0 Å². The maximum Gasteiger partial charge on any atom is 0.296 e. The zero-order valence-electron chi connectivity index (χ0n) is 24.5. The van der Waals surface area contributed by atoms with Crippen molar-refractivity contribution in [3.05, 3.63) is 29.8 Å². The summed E-state index contributed by atoms with van der Waals surface area (Å²) in [6.07, 6.45) is 23.2. The van der Waals surface area contributed by atoms with Gasteiger partial charge in [-0.3, -0.25) is 4.18 Å². The van der Waals surface area contributed by atoms with E-state index < -0.39 is 10.1 Å². The average molecular weight is 553 g/mol. The van der Waals surface area contributed by atoms with Crippen molar-refractivity contribution in [1.29, 1.82) is 0 Å². The topological polar surface area (TPSA) is 61.8 Å². The van der Waals surface area contributed by atoms with Crippen LogP contribution in [0.25, 0.3) is 0 Å². The van der Waals surface area contributed by atoms with Crippen molar-refractivity contribution in [1.82, 2.24) is 0 Å². The van der Waals surface area contributed by atoms with Crippen LogP contribution in [-0.2, 0) is 23.8 Å². The predicted molar refractivity (Wildman–Crippen MR) is 157 cm³/mol. The molecule has 1 fully saturated rings. The molecule has 1 aliphatic heterocycles. The number of unbranched alkanes of at least 4 members (excludes halogenated alkanes) is 14. The van der Waals surface area contributed by atoms with Crippen LogP contribution >= 0.6 is 0 Å². The fourth-order valence-electron chi connectivity index (χ4n) is 5.19. The first-order chi connectivity index (χ1) is 18.5. The molecule has 220 valence electrons. The van der Waals surface area contributed by atoms with E-state index in [2.05, 4.69) is 6.92 Å². The summed E-state index contributed by atoms with van der Waals surface area (Å²) in [5, 5.41) is 0. The summed E-state index contributed by atoms with van der Waals surface area (Å²) in [7, 11) is -3.65. The fraction of sp³-hybridized carbons (Fsp3) is 0.812. The van der Waals surface area contributed by atoms with Crippen LogP contribution in [0.5, 0.6) is 0 Å². The lowest BCUT2D eigenvalue weighted by atomic mass is 9.97.